The fourth-order valence-corrected chi connectivity index (χ4v) is 0.989. The molecular weight excluding hydrogens is 214 g/mol. The molecule has 0 aliphatic carbocycles. The van der Waals surface area contributed by atoms with E-state index < -0.39 is 4.92 Å². The Morgan fingerprint density at radius 2 is 1.71 bits per heavy atom. The molecule has 0 radical (unpaired) electrons. The van der Waals surface area contributed by atoms with Crippen molar-refractivity contribution in [3.05, 3.63) is 39.9 Å². The van der Waals surface area contributed by atoms with E-state index >= 15 is 0 Å². The van der Waals surface area contributed by atoms with Crippen LogP contribution in [-0.2, 0) is 0 Å². The molecule has 0 bridgehead atoms. The molecule has 1 aromatic rings. The van der Waals surface area contributed by atoms with Gasteiger partial charge in [-0.2, -0.15) is 0 Å². The largest absolute Gasteiger partial charge is 0.269 e. The van der Waals surface area contributed by atoms with Gasteiger partial charge in [0.1, 0.15) is 0 Å². The second-order valence-electron chi connectivity index (χ2n) is 4.55. The molecule has 0 unspecified atom stereocenters. The number of nitrogens with zero attached hydrogens (tertiary/aromatic N) is 1. The molecule has 3 heteroatoms. The van der Waals surface area contributed by atoms with Crippen molar-refractivity contribution in [3.63, 3.8) is 0 Å². The summed E-state index contributed by atoms with van der Waals surface area (Å²) < 4.78 is 0. The third kappa shape index (κ3) is 4.86. The van der Waals surface area contributed by atoms with Gasteiger partial charge in [0.25, 0.3) is 5.69 Å². The van der Waals surface area contributed by atoms with Crippen LogP contribution in [0.5, 0.6) is 0 Å². The Balaban J connectivity index is 2.79. The molecule has 0 aliphatic heterocycles. The van der Waals surface area contributed by atoms with E-state index in [0.717, 1.165) is 5.56 Å². The molecule has 0 aromatic heterocycles. The van der Waals surface area contributed by atoms with Crippen LogP contribution < -0.4 is 0 Å². The Morgan fingerprint density at radius 1 is 1.12 bits per heavy atom. The molecule has 17 heavy (non-hydrogen) atoms. The summed E-state index contributed by atoms with van der Waals surface area (Å²) in [6.45, 7) is 6.02. The van der Waals surface area contributed by atoms with E-state index in [-0.39, 0.29) is 11.1 Å². The van der Waals surface area contributed by atoms with Crippen molar-refractivity contribution in [3.8, 4) is 23.7 Å². The molecule has 1 aromatic carbocycles. The van der Waals surface area contributed by atoms with Crippen LogP contribution in [0.25, 0.3) is 0 Å². The van der Waals surface area contributed by atoms with E-state index in [1.54, 1.807) is 12.1 Å². The number of hydrogen-bond acceptors (Lipinski definition) is 2. The molecule has 1 rings (SSSR count). The maximum Gasteiger partial charge on any atom is 0.269 e. The summed E-state index contributed by atoms with van der Waals surface area (Å²) in [5.41, 5.74) is 0.722. The van der Waals surface area contributed by atoms with Crippen LogP contribution in [0.4, 0.5) is 5.69 Å². The summed E-state index contributed by atoms with van der Waals surface area (Å²) in [6.07, 6.45) is 0. The third-order valence-corrected chi connectivity index (χ3v) is 1.78. The van der Waals surface area contributed by atoms with E-state index in [1.165, 1.54) is 12.1 Å². The first kappa shape index (κ1) is 12.8. The number of hydrogen-bond donors (Lipinski definition) is 0. The first-order chi connectivity index (χ1) is 7.88. The zero-order valence-corrected chi connectivity index (χ0v) is 10.1. The van der Waals surface area contributed by atoms with Crippen molar-refractivity contribution in [1.82, 2.24) is 0 Å². The van der Waals surface area contributed by atoms with Gasteiger partial charge in [-0.25, -0.2) is 0 Å². The zero-order valence-electron chi connectivity index (χ0n) is 10.1. The number of benzene rings is 1. The minimum absolute atomic E-state index is 0.0653. The fourth-order valence-electron chi connectivity index (χ4n) is 0.989. The van der Waals surface area contributed by atoms with E-state index in [0.29, 0.717) is 0 Å². The molecule has 0 spiro atoms. The van der Waals surface area contributed by atoms with Gasteiger partial charge in [-0.3, -0.25) is 10.1 Å². The van der Waals surface area contributed by atoms with Crippen molar-refractivity contribution in [2.75, 3.05) is 0 Å². The normalized spacial score (nSPS) is 9.59. The lowest BCUT2D eigenvalue weighted by Crippen LogP contribution is -1.98. The smallest absolute Gasteiger partial charge is 0.258 e. The fraction of sp³-hybridized carbons (Fsp3) is 0.286. The summed E-state index contributed by atoms with van der Waals surface area (Å²) >= 11 is 0. The molecule has 0 atom stereocenters. The number of non-ortho nitro benzene ring substituents is 1. The average molecular weight is 227 g/mol. The van der Waals surface area contributed by atoms with Gasteiger partial charge in [0.2, 0.25) is 0 Å². The molecule has 0 fully saturated rings. The minimum Gasteiger partial charge on any atom is -0.258 e. The third-order valence-electron chi connectivity index (χ3n) is 1.78. The van der Waals surface area contributed by atoms with Gasteiger partial charge in [-0.15, -0.1) is 0 Å². The van der Waals surface area contributed by atoms with E-state index in [4.69, 9.17) is 0 Å². The molecule has 0 N–H and O–H groups in total. The van der Waals surface area contributed by atoms with Gasteiger partial charge in [0.05, 0.1) is 4.92 Å². The molecule has 0 aliphatic rings. The number of nitro groups is 1. The number of rotatable bonds is 1. The monoisotopic (exact) mass is 227 g/mol. The van der Waals surface area contributed by atoms with Crippen LogP contribution in [0.1, 0.15) is 26.3 Å². The second kappa shape index (κ2) is 5.18. The van der Waals surface area contributed by atoms with Gasteiger partial charge in [0.15, 0.2) is 0 Å². The summed E-state index contributed by atoms with van der Waals surface area (Å²) in [7, 11) is 0. The highest BCUT2D eigenvalue weighted by atomic mass is 16.6. The highest BCUT2D eigenvalue weighted by molar-refractivity contribution is 5.44. The first-order valence-corrected chi connectivity index (χ1v) is 5.16. The Hall–Kier alpha value is -2.26. The van der Waals surface area contributed by atoms with Crippen LogP contribution in [-0.4, -0.2) is 4.92 Å². The van der Waals surface area contributed by atoms with Crippen LogP contribution in [0.3, 0.4) is 0 Å². The molecule has 3 nitrogen and oxygen atoms in total. The van der Waals surface area contributed by atoms with Gasteiger partial charge in [-0.1, -0.05) is 11.8 Å². The number of nitro benzene ring substituents is 1. The van der Waals surface area contributed by atoms with E-state index in [9.17, 15) is 10.1 Å². The van der Waals surface area contributed by atoms with Gasteiger partial charge >= 0.3 is 0 Å². The SMILES string of the molecule is CC(C)(C)C#CC#Cc1ccc([N+](=O)[O-])cc1. The van der Waals surface area contributed by atoms with Gasteiger partial charge in [0, 0.05) is 23.1 Å². The quantitative estimate of drug-likeness (QED) is 0.420. The summed E-state index contributed by atoms with van der Waals surface area (Å²) in [5.74, 6) is 11.3. The molecule has 0 saturated heterocycles. The minimum atomic E-state index is -0.434. The average Bonchev–Trinajstić information content (AvgIpc) is 2.24. The first-order valence-electron chi connectivity index (χ1n) is 5.16. The summed E-state index contributed by atoms with van der Waals surface area (Å²) in [6, 6.07) is 6.09. The van der Waals surface area contributed by atoms with Crippen molar-refractivity contribution >= 4 is 5.69 Å². The zero-order chi connectivity index (χ0) is 12.9. The van der Waals surface area contributed by atoms with Crippen LogP contribution >= 0.6 is 0 Å². The molecule has 0 heterocycles. The summed E-state index contributed by atoms with van der Waals surface area (Å²) in [4.78, 5) is 10.00. The van der Waals surface area contributed by atoms with Gasteiger partial charge < -0.3 is 0 Å². The highest BCUT2D eigenvalue weighted by Gasteiger charge is 2.03. The Labute approximate surface area is 101 Å². The van der Waals surface area contributed by atoms with Crippen LogP contribution in [0.2, 0.25) is 0 Å². The Bertz CT molecular complexity index is 528. The lowest BCUT2D eigenvalue weighted by atomic mass is 9.98. The standard InChI is InChI=1S/C14H13NO2/c1-14(2,3)11-5-4-6-12-7-9-13(10-8-12)15(16)17/h7-10H,1-3H3. The predicted molar refractivity (Wildman–Crippen MR) is 67.2 cm³/mol. The lowest BCUT2D eigenvalue weighted by molar-refractivity contribution is -0.384. The molecular formula is C14H13NO2. The topological polar surface area (TPSA) is 43.1 Å². The van der Waals surface area contributed by atoms with E-state index in [2.05, 4.69) is 23.7 Å². The molecule has 0 amide bonds. The summed E-state index contributed by atoms with van der Waals surface area (Å²) in [5, 5.41) is 10.4. The molecule has 86 valence electrons. The van der Waals surface area contributed by atoms with E-state index in [1.807, 2.05) is 20.8 Å². The van der Waals surface area contributed by atoms with Crippen molar-refractivity contribution in [2.45, 2.75) is 20.8 Å². The Kier molecular flexibility index (Phi) is 3.91. The Morgan fingerprint density at radius 3 is 2.18 bits per heavy atom. The lowest BCUT2D eigenvalue weighted by Gasteiger charge is -2.05. The van der Waals surface area contributed by atoms with Crippen LogP contribution in [0, 0.1) is 39.2 Å². The van der Waals surface area contributed by atoms with Crippen LogP contribution in [0.15, 0.2) is 24.3 Å². The van der Waals surface area contributed by atoms with Crippen molar-refractivity contribution in [2.24, 2.45) is 5.41 Å². The second-order valence-corrected chi connectivity index (χ2v) is 4.55. The van der Waals surface area contributed by atoms with Crippen molar-refractivity contribution < 1.29 is 4.92 Å². The predicted octanol–water partition coefficient (Wildman–Crippen LogP) is 3.00. The molecule has 0 saturated carbocycles. The van der Waals surface area contributed by atoms with Crippen molar-refractivity contribution in [1.29, 1.82) is 0 Å². The van der Waals surface area contributed by atoms with Gasteiger partial charge in [-0.05, 0) is 44.7 Å². The maximum absolute atomic E-state index is 10.4. The highest BCUT2D eigenvalue weighted by Crippen LogP contribution is 2.11. The maximum atomic E-state index is 10.4.